The number of carbonyl (C=O) groups excluding carboxylic acids is 2. The van der Waals surface area contributed by atoms with Gasteiger partial charge in [0, 0.05) is 39.6 Å². The van der Waals surface area contributed by atoms with Crippen molar-refractivity contribution in [2.24, 2.45) is 0 Å². The third kappa shape index (κ3) is 5.74. The number of hydrogen-bond acceptors (Lipinski definition) is 4. The molecule has 2 amide bonds. The molecule has 1 fully saturated rings. The number of rotatable bonds is 7. The van der Waals surface area contributed by atoms with E-state index in [4.69, 9.17) is 4.74 Å². The Morgan fingerprint density at radius 3 is 2.28 bits per heavy atom. The topological polar surface area (TPSA) is 53.1 Å². The van der Waals surface area contributed by atoms with Crippen molar-refractivity contribution >= 4 is 11.8 Å². The van der Waals surface area contributed by atoms with Crippen molar-refractivity contribution in [1.29, 1.82) is 0 Å². The van der Waals surface area contributed by atoms with E-state index < -0.39 is 0 Å². The second-order valence-electron chi connectivity index (χ2n) is 6.35. The van der Waals surface area contributed by atoms with Crippen LogP contribution in [0.3, 0.4) is 0 Å². The van der Waals surface area contributed by atoms with E-state index in [1.165, 1.54) is 6.92 Å². The lowest BCUT2D eigenvalue weighted by Crippen LogP contribution is -2.51. The van der Waals surface area contributed by atoms with Gasteiger partial charge in [0.15, 0.2) is 0 Å². The van der Waals surface area contributed by atoms with E-state index in [0.29, 0.717) is 6.54 Å². The summed E-state index contributed by atoms with van der Waals surface area (Å²) in [6.07, 6.45) is 0.723. The van der Waals surface area contributed by atoms with Crippen molar-refractivity contribution in [3.8, 4) is 5.75 Å². The molecular formula is C19H29N3O3. The first-order chi connectivity index (χ1) is 12.0. The summed E-state index contributed by atoms with van der Waals surface area (Å²) in [5, 5.41) is 0. The lowest BCUT2D eigenvalue weighted by atomic mass is 10.1. The summed E-state index contributed by atoms with van der Waals surface area (Å²) in [4.78, 5) is 30.2. The predicted octanol–water partition coefficient (Wildman–Crippen LogP) is 1.25. The van der Waals surface area contributed by atoms with Gasteiger partial charge in [-0.15, -0.1) is 0 Å². The van der Waals surface area contributed by atoms with Gasteiger partial charge < -0.3 is 19.4 Å². The molecule has 1 saturated heterocycles. The minimum Gasteiger partial charge on any atom is -0.497 e. The van der Waals surface area contributed by atoms with Gasteiger partial charge in [-0.2, -0.15) is 0 Å². The van der Waals surface area contributed by atoms with Crippen molar-refractivity contribution in [1.82, 2.24) is 14.7 Å². The Morgan fingerprint density at radius 2 is 1.76 bits per heavy atom. The zero-order valence-electron chi connectivity index (χ0n) is 15.5. The van der Waals surface area contributed by atoms with E-state index in [9.17, 15) is 9.59 Å². The largest absolute Gasteiger partial charge is 0.497 e. The van der Waals surface area contributed by atoms with Crippen LogP contribution in [-0.2, 0) is 16.0 Å². The average molecular weight is 347 g/mol. The Morgan fingerprint density at radius 1 is 1.12 bits per heavy atom. The van der Waals surface area contributed by atoms with Crippen molar-refractivity contribution in [2.75, 3.05) is 52.9 Å². The smallest absolute Gasteiger partial charge is 0.242 e. The SMILES string of the molecule is CCN1CCN(C(=O)CN(CCc2ccc(OC)cc2)C(C)=O)CC1. The molecule has 2 rings (SSSR count). The first-order valence-corrected chi connectivity index (χ1v) is 8.92. The predicted molar refractivity (Wildman–Crippen MR) is 97.6 cm³/mol. The van der Waals surface area contributed by atoms with Gasteiger partial charge in [0.05, 0.1) is 13.7 Å². The number of nitrogens with zero attached hydrogens (tertiary/aromatic N) is 3. The maximum Gasteiger partial charge on any atom is 0.242 e. The minimum absolute atomic E-state index is 0.0423. The summed E-state index contributed by atoms with van der Waals surface area (Å²) in [5.74, 6) is 0.795. The van der Waals surface area contributed by atoms with Crippen molar-refractivity contribution in [3.63, 3.8) is 0 Å². The second kappa shape index (κ2) is 9.42. The summed E-state index contributed by atoms with van der Waals surface area (Å²) in [7, 11) is 1.64. The van der Waals surface area contributed by atoms with E-state index >= 15 is 0 Å². The molecule has 6 nitrogen and oxygen atoms in total. The highest BCUT2D eigenvalue weighted by atomic mass is 16.5. The summed E-state index contributed by atoms with van der Waals surface area (Å²) >= 11 is 0. The summed E-state index contributed by atoms with van der Waals surface area (Å²) in [6.45, 7) is 8.70. The summed E-state index contributed by atoms with van der Waals surface area (Å²) in [6, 6.07) is 7.80. The van der Waals surface area contributed by atoms with Crippen LogP contribution in [0.15, 0.2) is 24.3 Å². The van der Waals surface area contributed by atoms with Crippen LogP contribution in [0.25, 0.3) is 0 Å². The van der Waals surface area contributed by atoms with E-state index in [-0.39, 0.29) is 18.4 Å². The summed E-state index contributed by atoms with van der Waals surface area (Å²) in [5.41, 5.74) is 1.12. The monoisotopic (exact) mass is 347 g/mol. The molecule has 0 aromatic heterocycles. The number of likely N-dealkylation sites (N-methyl/N-ethyl adjacent to an activating group) is 1. The lowest BCUT2D eigenvalue weighted by molar-refractivity contribution is -0.140. The van der Waals surface area contributed by atoms with E-state index in [2.05, 4.69) is 11.8 Å². The fraction of sp³-hybridized carbons (Fsp3) is 0.579. The van der Waals surface area contributed by atoms with Gasteiger partial charge in [-0.1, -0.05) is 19.1 Å². The number of piperazine rings is 1. The zero-order chi connectivity index (χ0) is 18.2. The number of methoxy groups -OCH3 is 1. The van der Waals surface area contributed by atoms with Gasteiger partial charge in [-0.25, -0.2) is 0 Å². The standard InChI is InChI=1S/C19H29N3O3/c1-4-20-11-13-21(14-12-20)19(24)15-22(16(2)23)10-9-17-5-7-18(25-3)8-6-17/h5-8H,4,9-15H2,1-3H3. The van der Waals surface area contributed by atoms with Crippen LogP contribution in [-0.4, -0.2) is 79.4 Å². The minimum atomic E-state index is -0.0611. The molecule has 1 heterocycles. The molecule has 1 aromatic carbocycles. The maximum atomic E-state index is 12.5. The number of ether oxygens (including phenoxy) is 1. The van der Waals surface area contributed by atoms with Gasteiger partial charge in [-0.05, 0) is 30.7 Å². The van der Waals surface area contributed by atoms with Crippen molar-refractivity contribution < 1.29 is 14.3 Å². The number of carbonyl (C=O) groups is 2. The van der Waals surface area contributed by atoms with E-state index in [1.54, 1.807) is 12.0 Å². The Hall–Kier alpha value is -2.08. The molecule has 0 saturated carbocycles. The molecule has 0 spiro atoms. The molecule has 0 unspecified atom stereocenters. The number of hydrogen-bond donors (Lipinski definition) is 0. The van der Waals surface area contributed by atoms with Gasteiger partial charge in [0.1, 0.15) is 5.75 Å². The molecule has 0 radical (unpaired) electrons. The van der Waals surface area contributed by atoms with Gasteiger partial charge in [0.25, 0.3) is 0 Å². The van der Waals surface area contributed by atoms with Crippen LogP contribution in [0, 0.1) is 0 Å². The van der Waals surface area contributed by atoms with Crippen LogP contribution in [0.4, 0.5) is 0 Å². The third-order valence-electron chi connectivity index (χ3n) is 4.77. The zero-order valence-corrected chi connectivity index (χ0v) is 15.5. The second-order valence-corrected chi connectivity index (χ2v) is 6.35. The number of amides is 2. The van der Waals surface area contributed by atoms with Gasteiger partial charge >= 0.3 is 0 Å². The van der Waals surface area contributed by atoms with Crippen LogP contribution in [0.1, 0.15) is 19.4 Å². The van der Waals surface area contributed by atoms with Gasteiger partial charge in [0.2, 0.25) is 11.8 Å². The Labute approximate surface area is 150 Å². The molecule has 1 aliphatic heterocycles. The molecule has 138 valence electrons. The van der Waals surface area contributed by atoms with Crippen LogP contribution in [0.2, 0.25) is 0 Å². The highest BCUT2D eigenvalue weighted by Crippen LogP contribution is 2.12. The third-order valence-corrected chi connectivity index (χ3v) is 4.77. The highest BCUT2D eigenvalue weighted by Gasteiger charge is 2.22. The van der Waals surface area contributed by atoms with Crippen LogP contribution in [0.5, 0.6) is 5.75 Å². The molecular weight excluding hydrogens is 318 g/mol. The van der Waals surface area contributed by atoms with Crippen molar-refractivity contribution in [2.45, 2.75) is 20.3 Å². The van der Waals surface area contributed by atoms with E-state index in [0.717, 1.165) is 50.5 Å². The molecule has 0 N–H and O–H groups in total. The molecule has 6 heteroatoms. The lowest BCUT2D eigenvalue weighted by Gasteiger charge is -2.35. The Bertz CT molecular complexity index is 566. The van der Waals surface area contributed by atoms with Gasteiger partial charge in [-0.3, -0.25) is 9.59 Å². The van der Waals surface area contributed by atoms with Crippen molar-refractivity contribution in [3.05, 3.63) is 29.8 Å². The molecule has 0 atom stereocenters. The molecule has 0 bridgehead atoms. The molecule has 1 aliphatic rings. The normalized spacial score (nSPS) is 15.1. The first-order valence-electron chi connectivity index (χ1n) is 8.92. The first kappa shape index (κ1) is 19.2. The fourth-order valence-corrected chi connectivity index (χ4v) is 2.98. The molecule has 25 heavy (non-hydrogen) atoms. The Kier molecular flexibility index (Phi) is 7.25. The van der Waals surface area contributed by atoms with Crippen LogP contribution < -0.4 is 4.74 Å². The molecule has 1 aromatic rings. The fourth-order valence-electron chi connectivity index (χ4n) is 2.98. The van der Waals surface area contributed by atoms with Crippen LogP contribution >= 0.6 is 0 Å². The number of benzene rings is 1. The maximum absolute atomic E-state index is 12.5. The molecule has 0 aliphatic carbocycles. The highest BCUT2D eigenvalue weighted by molar-refractivity contribution is 5.84. The van der Waals surface area contributed by atoms with E-state index in [1.807, 2.05) is 29.2 Å². The summed E-state index contributed by atoms with van der Waals surface area (Å²) < 4.78 is 5.15. The Balaban J connectivity index is 1.85. The quantitative estimate of drug-likeness (QED) is 0.745. The average Bonchev–Trinajstić information content (AvgIpc) is 2.65.